The number of amides is 1. The zero-order valence-electron chi connectivity index (χ0n) is 17.8. The van der Waals surface area contributed by atoms with E-state index in [0.29, 0.717) is 18.8 Å². The predicted octanol–water partition coefficient (Wildman–Crippen LogP) is 4.12. The molecule has 1 amide bonds. The number of carbonyl (C=O) groups excluding carboxylic acids is 1. The summed E-state index contributed by atoms with van der Waals surface area (Å²) in [5.41, 5.74) is 0.451. The van der Waals surface area contributed by atoms with Crippen LogP contribution in [0.3, 0.4) is 0 Å². The van der Waals surface area contributed by atoms with Crippen molar-refractivity contribution in [1.29, 1.82) is 0 Å². The molecule has 164 valence electrons. The van der Waals surface area contributed by atoms with E-state index in [2.05, 4.69) is 5.32 Å². The molecule has 0 spiro atoms. The van der Waals surface area contributed by atoms with Crippen molar-refractivity contribution in [2.75, 3.05) is 26.2 Å². The minimum Gasteiger partial charge on any atom is -0.481 e. The minimum atomic E-state index is -3.26. The maximum Gasteiger partial charge on any atom is 0.407 e. The molecule has 0 aliphatic carbocycles. The number of ether oxygens (including phenoxy) is 3. The monoisotopic (exact) mass is 429 g/mol. The molecule has 2 atom stereocenters. The van der Waals surface area contributed by atoms with E-state index in [4.69, 9.17) is 23.3 Å². The average Bonchev–Trinajstić information content (AvgIpc) is 3.44. The lowest BCUT2D eigenvalue weighted by Gasteiger charge is -2.23. The van der Waals surface area contributed by atoms with Crippen molar-refractivity contribution in [3.8, 4) is 5.75 Å². The zero-order chi connectivity index (χ0) is 21.5. The first-order valence-electron chi connectivity index (χ1n) is 9.85. The van der Waals surface area contributed by atoms with Crippen LogP contribution in [-0.4, -0.2) is 50.0 Å². The summed E-state index contributed by atoms with van der Waals surface area (Å²) < 4.78 is 39.2. The number of epoxide rings is 1. The number of nitrogens with one attached hydrogen (secondary N) is 1. The summed E-state index contributed by atoms with van der Waals surface area (Å²) in [6.07, 6.45) is -0.0184. The van der Waals surface area contributed by atoms with Gasteiger partial charge in [0, 0.05) is 0 Å². The van der Waals surface area contributed by atoms with Gasteiger partial charge in [0.25, 0.3) is 0 Å². The summed E-state index contributed by atoms with van der Waals surface area (Å²) in [7, 11) is -3.26. The molecule has 1 aliphatic rings. The van der Waals surface area contributed by atoms with Gasteiger partial charge in [0.1, 0.15) is 17.5 Å². The first kappa shape index (κ1) is 23.7. The number of hydrogen-bond acceptors (Lipinski definition) is 7. The molecular formula is C20H32NO7P. The third-order valence-electron chi connectivity index (χ3n) is 3.93. The first-order valence-corrected chi connectivity index (χ1v) is 11.6. The van der Waals surface area contributed by atoms with Crippen LogP contribution in [0.15, 0.2) is 24.3 Å². The lowest BCUT2D eigenvalue weighted by Crippen LogP contribution is -2.43. The standard InChI is InChI=1S/C20H32NO7P/c1-6-26-29(23,27-7-2)14-25-16-10-8-15(9-11-16)12-17(18-13-24-18)21-19(22)28-20(3,4)5/h8-11,17-18H,6-7,12-14H2,1-5H3,(H,21,22)/t17-,18?/m0/s1. The molecule has 0 saturated carbocycles. The van der Waals surface area contributed by atoms with E-state index in [1.165, 1.54) is 0 Å². The van der Waals surface area contributed by atoms with Gasteiger partial charge in [-0.2, -0.15) is 0 Å². The topological polar surface area (TPSA) is 95.6 Å². The summed E-state index contributed by atoms with van der Waals surface area (Å²) in [6, 6.07) is 7.19. The Labute approximate surface area is 172 Å². The molecule has 29 heavy (non-hydrogen) atoms. The number of benzene rings is 1. The lowest BCUT2D eigenvalue weighted by molar-refractivity contribution is 0.0495. The summed E-state index contributed by atoms with van der Waals surface area (Å²) >= 11 is 0. The van der Waals surface area contributed by atoms with Gasteiger partial charge in [-0.25, -0.2) is 4.79 Å². The van der Waals surface area contributed by atoms with Crippen LogP contribution in [0.25, 0.3) is 0 Å². The average molecular weight is 429 g/mol. The van der Waals surface area contributed by atoms with Gasteiger partial charge < -0.3 is 28.6 Å². The van der Waals surface area contributed by atoms with Crippen LogP contribution >= 0.6 is 7.60 Å². The zero-order valence-corrected chi connectivity index (χ0v) is 18.7. The maximum atomic E-state index is 12.4. The fourth-order valence-electron chi connectivity index (χ4n) is 2.66. The maximum absolute atomic E-state index is 12.4. The van der Waals surface area contributed by atoms with Crippen LogP contribution < -0.4 is 10.1 Å². The fourth-order valence-corrected chi connectivity index (χ4v) is 3.97. The van der Waals surface area contributed by atoms with Crippen molar-refractivity contribution in [2.24, 2.45) is 0 Å². The van der Waals surface area contributed by atoms with Crippen molar-refractivity contribution >= 4 is 13.7 Å². The molecule has 1 N–H and O–H groups in total. The Morgan fingerprint density at radius 1 is 1.21 bits per heavy atom. The SMILES string of the molecule is CCOP(=O)(COc1ccc(C[C@H](NC(=O)OC(C)(C)C)C2CO2)cc1)OCC. The van der Waals surface area contributed by atoms with Crippen LogP contribution in [0.2, 0.25) is 0 Å². The Morgan fingerprint density at radius 2 is 1.79 bits per heavy atom. The summed E-state index contributed by atoms with van der Waals surface area (Å²) in [5, 5.41) is 2.88. The molecule has 2 rings (SSSR count). The van der Waals surface area contributed by atoms with Crippen molar-refractivity contribution in [1.82, 2.24) is 5.32 Å². The number of hydrogen-bond donors (Lipinski definition) is 1. The van der Waals surface area contributed by atoms with Gasteiger partial charge in [-0.05, 0) is 58.7 Å². The van der Waals surface area contributed by atoms with Crippen molar-refractivity contribution < 1.29 is 32.6 Å². The Bertz CT molecular complexity index is 688. The Hall–Kier alpha value is -1.60. The van der Waals surface area contributed by atoms with Gasteiger partial charge in [-0.1, -0.05) is 12.1 Å². The van der Waals surface area contributed by atoms with Crippen LogP contribution in [0, 0.1) is 0 Å². The molecule has 9 heteroatoms. The van der Waals surface area contributed by atoms with Crippen LogP contribution in [0.1, 0.15) is 40.2 Å². The van der Waals surface area contributed by atoms with E-state index < -0.39 is 19.3 Å². The normalized spacial score (nSPS) is 17.5. The quantitative estimate of drug-likeness (QED) is 0.417. The summed E-state index contributed by atoms with van der Waals surface area (Å²) in [6.45, 7) is 10.2. The summed E-state index contributed by atoms with van der Waals surface area (Å²) in [4.78, 5) is 12.1. The molecule has 1 aromatic rings. The molecule has 1 heterocycles. The van der Waals surface area contributed by atoms with Crippen LogP contribution in [0.4, 0.5) is 4.79 Å². The molecule has 1 unspecified atom stereocenters. The second kappa shape index (κ2) is 10.4. The molecular weight excluding hydrogens is 397 g/mol. The Kier molecular flexibility index (Phi) is 8.52. The molecule has 1 saturated heterocycles. The highest BCUT2D eigenvalue weighted by Crippen LogP contribution is 2.47. The number of rotatable bonds is 11. The molecule has 1 aromatic carbocycles. The van der Waals surface area contributed by atoms with E-state index in [1.54, 1.807) is 26.0 Å². The van der Waals surface area contributed by atoms with Crippen molar-refractivity contribution in [3.63, 3.8) is 0 Å². The fraction of sp³-hybridized carbons (Fsp3) is 0.650. The third kappa shape index (κ3) is 8.74. The summed E-state index contributed by atoms with van der Waals surface area (Å²) in [5.74, 6) is 0.563. The highest BCUT2D eigenvalue weighted by Gasteiger charge is 2.35. The highest BCUT2D eigenvalue weighted by atomic mass is 31.2. The van der Waals surface area contributed by atoms with Gasteiger partial charge in [0.05, 0.1) is 25.9 Å². The van der Waals surface area contributed by atoms with E-state index in [0.717, 1.165) is 5.56 Å². The highest BCUT2D eigenvalue weighted by molar-refractivity contribution is 7.53. The lowest BCUT2D eigenvalue weighted by atomic mass is 10.0. The van der Waals surface area contributed by atoms with Crippen LogP contribution in [0.5, 0.6) is 5.75 Å². The van der Waals surface area contributed by atoms with Crippen molar-refractivity contribution in [2.45, 2.75) is 58.8 Å². The van der Waals surface area contributed by atoms with Gasteiger partial charge >= 0.3 is 13.7 Å². The molecule has 0 aromatic heterocycles. The second-order valence-corrected chi connectivity index (χ2v) is 9.69. The molecule has 8 nitrogen and oxygen atoms in total. The van der Waals surface area contributed by atoms with E-state index >= 15 is 0 Å². The molecule has 1 fully saturated rings. The van der Waals surface area contributed by atoms with Crippen LogP contribution in [-0.2, 0) is 29.5 Å². The molecule has 1 aliphatic heterocycles. The van der Waals surface area contributed by atoms with Gasteiger partial charge in [-0.15, -0.1) is 0 Å². The second-order valence-electron chi connectivity index (χ2n) is 7.69. The first-order chi connectivity index (χ1) is 13.6. The largest absolute Gasteiger partial charge is 0.481 e. The van der Waals surface area contributed by atoms with E-state index in [9.17, 15) is 9.36 Å². The van der Waals surface area contributed by atoms with E-state index in [1.807, 2.05) is 32.9 Å². The van der Waals surface area contributed by atoms with Crippen molar-refractivity contribution in [3.05, 3.63) is 29.8 Å². The number of carbonyl (C=O) groups is 1. The van der Waals surface area contributed by atoms with E-state index in [-0.39, 0.29) is 31.7 Å². The van der Waals surface area contributed by atoms with Gasteiger partial charge in [-0.3, -0.25) is 4.57 Å². The Morgan fingerprint density at radius 3 is 2.28 bits per heavy atom. The molecule has 0 radical (unpaired) electrons. The smallest absolute Gasteiger partial charge is 0.407 e. The predicted molar refractivity (Wildman–Crippen MR) is 109 cm³/mol. The molecule has 0 bridgehead atoms. The third-order valence-corrected chi connectivity index (χ3v) is 5.68. The van der Waals surface area contributed by atoms with Gasteiger partial charge in [0.15, 0.2) is 6.35 Å². The number of alkyl carbamates (subject to hydrolysis) is 1. The van der Waals surface area contributed by atoms with Gasteiger partial charge in [0.2, 0.25) is 0 Å². The Balaban J connectivity index is 1.91. The minimum absolute atomic E-state index is 0.0123.